The molecule has 0 N–H and O–H groups in total. The summed E-state index contributed by atoms with van der Waals surface area (Å²) in [5, 5.41) is 0. The maximum atomic E-state index is 5.17. The Bertz CT molecular complexity index is 112. The molecule has 0 aliphatic carbocycles. The van der Waals surface area contributed by atoms with Gasteiger partial charge < -0.3 is 4.74 Å². The first-order chi connectivity index (χ1) is 4.35. The molecule has 0 unspecified atom stereocenters. The molecule has 0 spiro atoms. The lowest BCUT2D eigenvalue weighted by molar-refractivity contribution is 0.336. The van der Waals surface area contributed by atoms with Gasteiger partial charge in [0.2, 0.25) is 0 Å². The van der Waals surface area contributed by atoms with Gasteiger partial charge in [0.05, 0.1) is 12.0 Å². The fraction of sp³-hybridized carbons (Fsp3) is 0.500. The Morgan fingerprint density at radius 1 is 1.44 bits per heavy atom. The lowest BCUT2D eigenvalue weighted by Crippen LogP contribution is -1.80. The van der Waals surface area contributed by atoms with Crippen LogP contribution >= 0.6 is 0 Å². The SMILES string of the molecule is C/C=C\O/C(=C\C)CC. The van der Waals surface area contributed by atoms with Crippen LogP contribution in [0.3, 0.4) is 0 Å². The van der Waals surface area contributed by atoms with E-state index in [4.69, 9.17) is 4.74 Å². The normalized spacial score (nSPS) is 12.6. The predicted molar refractivity (Wildman–Crippen MR) is 39.9 cm³/mol. The van der Waals surface area contributed by atoms with Crippen molar-refractivity contribution in [2.24, 2.45) is 0 Å². The Morgan fingerprint density at radius 2 is 2.11 bits per heavy atom. The number of rotatable bonds is 3. The predicted octanol–water partition coefficient (Wildman–Crippen LogP) is 2.85. The van der Waals surface area contributed by atoms with Gasteiger partial charge in [-0.05, 0) is 19.9 Å². The van der Waals surface area contributed by atoms with E-state index in [0.29, 0.717) is 0 Å². The van der Waals surface area contributed by atoms with Crippen LogP contribution in [-0.4, -0.2) is 0 Å². The van der Waals surface area contributed by atoms with Crippen LogP contribution < -0.4 is 0 Å². The Labute approximate surface area is 57.0 Å². The zero-order chi connectivity index (χ0) is 7.11. The molecule has 9 heavy (non-hydrogen) atoms. The van der Waals surface area contributed by atoms with E-state index >= 15 is 0 Å². The van der Waals surface area contributed by atoms with Crippen molar-refractivity contribution in [3.63, 3.8) is 0 Å². The highest BCUT2D eigenvalue weighted by molar-refractivity contribution is 4.91. The summed E-state index contributed by atoms with van der Waals surface area (Å²) in [5.74, 6) is 1.02. The van der Waals surface area contributed by atoms with Gasteiger partial charge in [0.15, 0.2) is 0 Å². The summed E-state index contributed by atoms with van der Waals surface area (Å²) in [6.07, 6.45) is 6.50. The quantitative estimate of drug-likeness (QED) is 0.528. The van der Waals surface area contributed by atoms with Crippen molar-refractivity contribution in [3.8, 4) is 0 Å². The highest BCUT2D eigenvalue weighted by Crippen LogP contribution is 2.01. The fourth-order valence-electron chi connectivity index (χ4n) is 0.511. The lowest BCUT2D eigenvalue weighted by Gasteiger charge is -1.99. The van der Waals surface area contributed by atoms with Gasteiger partial charge in [-0.2, -0.15) is 0 Å². The minimum atomic E-state index is 0.959. The molecule has 1 nitrogen and oxygen atoms in total. The second-order valence-corrected chi connectivity index (χ2v) is 1.70. The van der Waals surface area contributed by atoms with E-state index in [0.717, 1.165) is 12.2 Å². The van der Waals surface area contributed by atoms with E-state index in [9.17, 15) is 0 Å². The van der Waals surface area contributed by atoms with Gasteiger partial charge in [0, 0.05) is 6.42 Å². The van der Waals surface area contributed by atoms with Crippen LogP contribution in [0.25, 0.3) is 0 Å². The van der Waals surface area contributed by atoms with Gasteiger partial charge >= 0.3 is 0 Å². The van der Waals surface area contributed by atoms with Crippen LogP contribution in [0.2, 0.25) is 0 Å². The molecular formula is C8H14O. The van der Waals surface area contributed by atoms with Crippen LogP contribution in [-0.2, 0) is 4.74 Å². The molecule has 0 bridgehead atoms. The van der Waals surface area contributed by atoms with Crippen LogP contribution in [0.4, 0.5) is 0 Å². The molecule has 0 aromatic rings. The van der Waals surface area contributed by atoms with Gasteiger partial charge in [-0.15, -0.1) is 0 Å². The minimum absolute atomic E-state index is 0.959. The number of ether oxygens (including phenoxy) is 1. The average Bonchev–Trinajstić information content (AvgIpc) is 1.91. The molecule has 0 aliphatic heterocycles. The molecule has 0 amide bonds. The Morgan fingerprint density at radius 3 is 2.44 bits per heavy atom. The van der Waals surface area contributed by atoms with Crippen molar-refractivity contribution in [2.45, 2.75) is 27.2 Å². The Kier molecular flexibility index (Phi) is 4.98. The van der Waals surface area contributed by atoms with Crippen LogP contribution in [0.15, 0.2) is 24.2 Å². The summed E-state index contributed by atoms with van der Waals surface area (Å²) < 4.78 is 5.17. The van der Waals surface area contributed by atoms with E-state index in [-0.39, 0.29) is 0 Å². The summed E-state index contributed by atoms with van der Waals surface area (Å²) in [4.78, 5) is 0. The highest BCUT2D eigenvalue weighted by atomic mass is 16.5. The van der Waals surface area contributed by atoms with Gasteiger partial charge in [-0.3, -0.25) is 0 Å². The molecule has 1 heteroatoms. The van der Waals surface area contributed by atoms with E-state index in [1.54, 1.807) is 6.26 Å². The second-order valence-electron chi connectivity index (χ2n) is 1.70. The molecule has 0 aliphatic rings. The monoisotopic (exact) mass is 126 g/mol. The third-order valence-electron chi connectivity index (χ3n) is 1.03. The smallest absolute Gasteiger partial charge is 0.0986 e. The Hall–Kier alpha value is -0.720. The Balaban J connectivity index is 3.58. The highest BCUT2D eigenvalue weighted by Gasteiger charge is 1.85. The van der Waals surface area contributed by atoms with Gasteiger partial charge in [-0.1, -0.05) is 13.0 Å². The van der Waals surface area contributed by atoms with Crippen LogP contribution in [0, 0.1) is 0 Å². The van der Waals surface area contributed by atoms with Crippen molar-refractivity contribution in [2.75, 3.05) is 0 Å². The molecule has 0 saturated heterocycles. The fourth-order valence-corrected chi connectivity index (χ4v) is 0.511. The molecule has 0 rings (SSSR count). The largest absolute Gasteiger partial charge is 0.470 e. The van der Waals surface area contributed by atoms with E-state index in [1.165, 1.54) is 0 Å². The third-order valence-corrected chi connectivity index (χ3v) is 1.03. The van der Waals surface area contributed by atoms with Gasteiger partial charge in [0.1, 0.15) is 0 Å². The summed E-state index contributed by atoms with van der Waals surface area (Å²) in [6, 6.07) is 0. The molecule has 0 saturated carbocycles. The lowest BCUT2D eigenvalue weighted by atomic mass is 10.4. The van der Waals surface area contributed by atoms with Crippen LogP contribution in [0.1, 0.15) is 27.2 Å². The number of hydrogen-bond acceptors (Lipinski definition) is 1. The van der Waals surface area contributed by atoms with E-state index in [2.05, 4.69) is 6.92 Å². The zero-order valence-electron chi connectivity index (χ0n) is 6.35. The molecule has 0 aromatic carbocycles. The molecule has 0 atom stereocenters. The minimum Gasteiger partial charge on any atom is -0.470 e. The van der Waals surface area contributed by atoms with Crippen molar-refractivity contribution in [1.82, 2.24) is 0 Å². The molecule has 0 fully saturated rings. The second kappa shape index (κ2) is 5.42. The topological polar surface area (TPSA) is 9.23 Å². The van der Waals surface area contributed by atoms with E-state index in [1.807, 2.05) is 26.0 Å². The first-order valence-corrected chi connectivity index (χ1v) is 3.28. The van der Waals surface area contributed by atoms with Gasteiger partial charge in [0.25, 0.3) is 0 Å². The molecule has 0 radical (unpaired) electrons. The first kappa shape index (κ1) is 8.28. The maximum absolute atomic E-state index is 5.17. The van der Waals surface area contributed by atoms with Crippen molar-refractivity contribution in [3.05, 3.63) is 24.2 Å². The summed E-state index contributed by atoms with van der Waals surface area (Å²) >= 11 is 0. The van der Waals surface area contributed by atoms with Crippen molar-refractivity contribution < 1.29 is 4.74 Å². The third kappa shape index (κ3) is 3.83. The molecule has 52 valence electrons. The maximum Gasteiger partial charge on any atom is 0.0986 e. The summed E-state index contributed by atoms with van der Waals surface area (Å²) in [7, 11) is 0. The van der Waals surface area contributed by atoms with Gasteiger partial charge in [-0.25, -0.2) is 0 Å². The molecular weight excluding hydrogens is 112 g/mol. The molecule has 0 heterocycles. The molecule has 0 aromatic heterocycles. The summed E-state index contributed by atoms with van der Waals surface area (Å²) in [6.45, 7) is 5.98. The summed E-state index contributed by atoms with van der Waals surface area (Å²) in [5.41, 5.74) is 0. The zero-order valence-corrected chi connectivity index (χ0v) is 6.35. The van der Waals surface area contributed by atoms with Crippen molar-refractivity contribution >= 4 is 0 Å². The van der Waals surface area contributed by atoms with E-state index < -0.39 is 0 Å². The number of hydrogen-bond donors (Lipinski definition) is 0. The average molecular weight is 126 g/mol. The number of allylic oxidation sites excluding steroid dienone is 3. The first-order valence-electron chi connectivity index (χ1n) is 3.28. The standard InChI is InChI=1S/C8H14O/c1-4-7-9-8(5-2)6-3/h4-5,7H,6H2,1-3H3/b7-4-,8-5-. The van der Waals surface area contributed by atoms with Crippen LogP contribution in [0.5, 0.6) is 0 Å². The van der Waals surface area contributed by atoms with Crippen molar-refractivity contribution in [1.29, 1.82) is 0 Å².